The summed E-state index contributed by atoms with van der Waals surface area (Å²) in [4.78, 5) is 11.3. The van der Waals surface area contributed by atoms with Gasteiger partial charge >= 0.3 is 16.3 Å². The van der Waals surface area contributed by atoms with Crippen LogP contribution in [0.25, 0.3) is 0 Å². The molecule has 0 bridgehead atoms. The van der Waals surface area contributed by atoms with Gasteiger partial charge in [0.25, 0.3) is 0 Å². The molecule has 7 nitrogen and oxygen atoms in total. The van der Waals surface area contributed by atoms with Crippen molar-refractivity contribution in [3.8, 4) is 0 Å². The second-order valence-electron chi connectivity index (χ2n) is 6.77. The zero-order chi connectivity index (χ0) is 16.3. The average molecular weight is 322 g/mol. The molecule has 1 rings (SSSR count). The molecule has 0 unspecified atom stereocenters. The van der Waals surface area contributed by atoms with Crippen molar-refractivity contribution in [2.24, 2.45) is 5.41 Å². The van der Waals surface area contributed by atoms with E-state index >= 15 is 0 Å². The smallest absolute Gasteiger partial charge is 0.422 e. The van der Waals surface area contributed by atoms with Gasteiger partial charge in [0.1, 0.15) is 0 Å². The van der Waals surface area contributed by atoms with E-state index in [-0.39, 0.29) is 12.0 Å². The van der Waals surface area contributed by atoms with Crippen LogP contribution in [0, 0.1) is 5.41 Å². The number of hydrogen-bond donors (Lipinski definition) is 3. The molecule has 0 heterocycles. The van der Waals surface area contributed by atoms with Crippen molar-refractivity contribution in [2.45, 2.75) is 65.1 Å². The molecule has 1 amide bonds. The first-order valence-corrected chi connectivity index (χ1v) is 8.62. The summed E-state index contributed by atoms with van der Waals surface area (Å²) in [6.07, 6.45) is 1.26. The molecule has 1 aliphatic rings. The summed E-state index contributed by atoms with van der Waals surface area (Å²) in [5, 5.41) is 10.4. The van der Waals surface area contributed by atoms with E-state index in [0.717, 1.165) is 12.8 Å². The minimum atomic E-state index is -4.03. The molecule has 0 aromatic rings. The zero-order valence-corrected chi connectivity index (χ0v) is 13.9. The lowest BCUT2D eigenvalue weighted by atomic mass is 9.71. The van der Waals surface area contributed by atoms with Gasteiger partial charge in [0.15, 0.2) is 0 Å². The van der Waals surface area contributed by atoms with Gasteiger partial charge in [-0.2, -0.15) is 13.1 Å². The summed E-state index contributed by atoms with van der Waals surface area (Å²) in [7, 11) is -4.03. The molecular formula is C13H26N2O5S. The molecule has 124 valence electrons. The second-order valence-corrected chi connectivity index (χ2v) is 8.27. The maximum atomic E-state index is 11.7. The van der Waals surface area contributed by atoms with Crippen LogP contribution < -0.4 is 9.44 Å². The highest BCUT2D eigenvalue weighted by atomic mass is 32.2. The van der Waals surface area contributed by atoms with Crippen molar-refractivity contribution in [3.63, 3.8) is 0 Å². The van der Waals surface area contributed by atoms with E-state index in [1.807, 2.05) is 0 Å². The number of carbonyl (C=O) groups is 1. The van der Waals surface area contributed by atoms with Crippen LogP contribution in [0.1, 0.15) is 53.4 Å². The van der Waals surface area contributed by atoms with Crippen molar-refractivity contribution < 1.29 is 23.1 Å². The SMILES string of the molecule is CC(C)OC(=O)NS(=O)(=O)NCC1(O)CCC(C)(C)CC1. The summed E-state index contributed by atoms with van der Waals surface area (Å²) in [5.41, 5.74) is -0.892. The van der Waals surface area contributed by atoms with Crippen LogP contribution in [0.15, 0.2) is 0 Å². The van der Waals surface area contributed by atoms with Crippen LogP contribution >= 0.6 is 0 Å². The number of rotatable bonds is 5. The number of carbonyl (C=O) groups excluding carboxylic acids is 1. The van der Waals surface area contributed by atoms with E-state index < -0.39 is 28.0 Å². The Balaban J connectivity index is 2.48. The Kier molecular flexibility index (Phi) is 5.63. The minimum Gasteiger partial charge on any atom is -0.446 e. The number of ether oxygens (including phenoxy) is 1. The predicted octanol–water partition coefficient (Wildman–Crippen LogP) is 1.29. The molecule has 0 saturated heterocycles. The lowest BCUT2D eigenvalue weighted by Gasteiger charge is -2.40. The molecule has 1 saturated carbocycles. The van der Waals surface area contributed by atoms with E-state index in [9.17, 15) is 18.3 Å². The molecule has 0 aromatic carbocycles. The Morgan fingerprint density at radius 3 is 2.24 bits per heavy atom. The van der Waals surface area contributed by atoms with E-state index in [1.165, 1.54) is 0 Å². The van der Waals surface area contributed by atoms with Crippen LogP contribution in [-0.2, 0) is 14.9 Å². The summed E-state index contributed by atoms with van der Waals surface area (Å²) in [6.45, 7) is 7.37. The third-order valence-corrected chi connectivity index (χ3v) is 4.65. The highest BCUT2D eigenvalue weighted by Gasteiger charge is 2.37. The van der Waals surface area contributed by atoms with E-state index in [1.54, 1.807) is 18.6 Å². The van der Waals surface area contributed by atoms with E-state index in [4.69, 9.17) is 4.74 Å². The Hall–Kier alpha value is -0.860. The van der Waals surface area contributed by atoms with Gasteiger partial charge in [-0.15, -0.1) is 0 Å². The monoisotopic (exact) mass is 322 g/mol. The summed E-state index contributed by atoms with van der Waals surface area (Å²) < 4.78 is 32.1. The van der Waals surface area contributed by atoms with Gasteiger partial charge in [-0.3, -0.25) is 0 Å². The van der Waals surface area contributed by atoms with Gasteiger partial charge in [-0.1, -0.05) is 13.8 Å². The maximum Gasteiger partial charge on any atom is 0.422 e. The molecule has 0 aliphatic heterocycles. The number of hydrogen-bond acceptors (Lipinski definition) is 5. The van der Waals surface area contributed by atoms with Gasteiger partial charge in [-0.25, -0.2) is 9.52 Å². The molecule has 0 spiro atoms. The van der Waals surface area contributed by atoms with Crippen molar-refractivity contribution in [2.75, 3.05) is 6.54 Å². The molecule has 0 atom stereocenters. The molecule has 0 radical (unpaired) electrons. The second kappa shape index (κ2) is 6.50. The lowest BCUT2D eigenvalue weighted by Crippen LogP contribution is -2.50. The molecule has 8 heteroatoms. The minimum absolute atomic E-state index is 0.118. The lowest BCUT2D eigenvalue weighted by molar-refractivity contribution is -0.0206. The fourth-order valence-electron chi connectivity index (χ4n) is 2.18. The molecule has 3 N–H and O–H groups in total. The molecular weight excluding hydrogens is 296 g/mol. The summed E-state index contributed by atoms with van der Waals surface area (Å²) in [6, 6.07) is 0. The van der Waals surface area contributed by atoms with Gasteiger partial charge in [0, 0.05) is 6.54 Å². The van der Waals surface area contributed by atoms with Crippen LogP contribution in [-0.4, -0.2) is 37.9 Å². The molecule has 21 heavy (non-hydrogen) atoms. The normalized spacial score (nSPS) is 21.0. The van der Waals surface area contributed by atoms with Gasteiger partial charge < -0.3 is 9.84 Å². The zero-order valence-electron chi connectivity index (χ0n) is 13.1. The Morgan fingerprint density at radius 1 is 1.24 bits per heavy atom. The summed E-state index contributed by atoms with van der Waals surface area (Å²) in [5.74, 6) is 0. The highest BCUT2D eigenvalue weighted by molar-refractivity contribution is 7.88. The van der Waals surface area contributed by atoms with E-state index in [0.29, 0.717) is 12.8 Å². The van der Waals surface area contributed by atoms with Gasteiger partial charge in [-0.05, 0) is 44.9 Å². The van der Waals surface area contributed by atoms with Gasteiger partial charge in [0.05, 0.1) is 11.7 Å². The predicted molar refractivity (Wildman–Crippen MR) is 78.9 cm³/mol. The van der Waals surface area contributed by atoms with Crippen molar-refractivity contribution in [3.05, 3.63) is 0 Å². The first-order valence-electron chi connectivity index (χ1n) is 7.14. The van der Waals surface area contributed by atoms with Crippen molar-refractivity contribution >= 4 is 16.3 Å². The fourth-order valence-corrected chi connectivity index (χ4v) is 2.98. The topological polar surface area (TPSA) is 105 Å². The number of aliphatic hydroxyl groups is 1. The van der Waals surface area contributed by atoms with Crippen molar-refractivity contribution in [1.82, 2.24) is 9.44 Å². The molecule has 1 aliphatic carbocycles. The maximum absolute atomic E-state index is 11.7. The Morgan fingerprint density at radius 2 is 1.76 bits per heavy atom. The average Bonchev–Trinajstić information content (AvgIpc) is 2.30. The molecule has 0 aromatic heterocycles. The third-order valence-electron chi connectivity index (χ3n) is 3.69. The quantitative estimate of drug-likeness (QED) is 0.707. The van der Waals surface area contributed by atoms with Crippen LogP contribution in [0.3, 0.4) is 0 Å². The van der Waals surface area contributed by atoms with E-state index in [2.05, 4.69) is 18.6 Å². The number of amides is 1. The van der Waals surface area contributed by atoms with Gasteiger partial charge in [0.2, 0.25) is 0 Å². The molecule has 1 fully saturated rings. The first kappa shape index (κ1) is 18.2. The Bertz CT molecular complexity index is 463. The Labute approximate surface area is 126 Å². The summed E-state index contributed by atoms with van der Waals surface area (Å²) >= 11 is 0. The van der Waals surface area contributed by atoms with Crippen molar-refractivity contribution in [1.29, 1.82) is 0 Å². The third kappa shape index (κ3) is 6.62. The largest absolute Gasteiger partial charge is 0.446 e. The fraction of sp³-hybridized carbons (Fsp3) is 0.923. The standard InChI is InChI=1S/C13H26N2O5S/c1-10(2)20-11(16)15-21(18,19)14-9-13(17)7-5-12(3,4)6-8-13/h10,14,17H,5-9H2,1-4H3,(H,15,16). The first-order chi connectivity index (χ1) is 9.43. The van der Waals surface area contributed by atoms with Crippen LogP contribution in [0.4, 0.5) is 4.79 Å². The highest BCUT2D eigenvalue weighted by Crippen LogP contribution is 2.39. The van der Waals surface area contributed by atoms with Crippen LogP contribution in [0.2, 0.25) is 0 Å². The number of nitrogens with one attached hydrogen (secondary N) is 2. The van der Waals surface area contributed by atoms with Crippen LogP contribution in [0.5, 0.6) is 0 Å².